The number of hydrogen-bond donors (Lipinski definition) is 1. The van der Waals surface area contributed by atoms with Crippen LogP contribution in [-0.2, 0) is 4.79 Å². The monoisotopic (exact) mass is 294 g/mol. The summed E-state index contributed by atoms with van der Waals surface area (Å²) in [4.78, 5) is 13.9. The summed E-state index contributed by atoms with van der Waals surface area (Å²) < 4.78 is 5.46. The van der Waals surface area contributed by atoms with Crippen molar-refractivity contribution in [3.63, 3.8) is 0 Å². The fourth-order valence-electron chi connectivity index (χ4n) is 1.55. The number of carbonyl (C=O) groups is 1. The second-order valence-corrected chi connectivity index (χ2v) is 5.61. The van der Waals surface area contributed by atoms with Crippen molar-refractivity contribution in [2.45, 2.75) is 20.3 Å². The van der Waals surface area contributed by atoms with Gasteiger partial charge in [-0.2, -0.15) is 0 Å². The molecule has 0 aliphatic rings. The van der Waals surface area contributed by atoms with Crippen LogP contribution in [0.15, 0.2) is 24.3 Å². The molecule has 0 spiro atoms. The lowest BCUT2D eigenvalue weighted by molar-refractivity contribution is -0.132. The van der Waals surface area contributed by atoms with Crippen molar-refractivity contribution in [3.05, 3.63) is 29.8 Å². The zero-order chi connectivity index (χ0) is 15.1. The van der Waals surface area contributed by atoms with Crippen molar-refractivity contribution in [2.75, 3.05) is 20.2 Å². The number of nitrogens with zero attached hydrogens (tertiary/aromatic N) is 1. The van der Waals surface area contributed by atoms with Crippen molar-refractivity contribution in [1.29, 1.82) is 0 Å². The Bertz CT molecular complexity index is 457. The SMILES string of the molecule is CC(C)CCN(C)C(=O)COc1ccc(C(N)=S)cc1. The van der Waals surface area contributed by atoms with Gasteiger partial charge in [-0.25, -0.2) is 0 Å². The zero-order valence-electron chi connectivity index (χ0n) is 12.3. The molecule has 1 amide bonds. The Balaban J connectivity index is 2.42. The van der Waals surface area contributed by atoms with Gasteiger partial charge >= 0.3 is 0 Å². The number of hydrogen-bond acceptors (Lipinski definition) is 3. The predicted octanol–water partition coefficient (Wildman–Crippen LogP) is 2.20. The van der Waals surface area contributed by atoms with Gasteiger partial charge in [-0.15, -0.1) is 0 Å². The molecule has 2 N–H and O–H groups in total. The summed E-state index contributed by atoms with van der Waals surface area (Å²) in [5, 5.41) is 0. The molecule has 20 heavy (non-hydrogen) atoms. The van der Waals surface area contributed by atoms with Crippen LogP contribution in [0.5, 0.6) is 5.75 Å². The molecular weight excluding hydrogens is 272 g/mol. The van der Waals surface area contributed by atoms with E-state index in [1.54, 1.807) is 36.2 Å². The summed E-state index contributed by atoms with van der Waals surface area (Å²) in [5.41, 5.74) is 6.30. The summed E-state index contributed by atoms with van der Waals surface area (Å²) in [6.45, 7) is 5.07. The molecular formula is C15H22N2O2S. The molecule has 0 heterocycles. The summed E-state index contributed by atoms with van der Waals surface area (Å²) in [6, 6.07) is 7.08. The van der Waals surface area contributed by atoms with E-state index in [2.05, 4.69) is 13.8 Å². The number of rotatable bonds is 7. The van der Waals surface area contributed by atoms with Crippen LogP contribution in [0.2, 0.25) is 0 Å². The topological polar surface area (TPSA) is 55.6 Å². The highest BCUT2D eigenvalue weighted by Crippen LogP contribution is 2.12. The maximum atomic E-state index is 11.9. The van der Waals surface area contributed by atoms with E-state index in [-0.39, 0.29) is 12.5 Å². The molecule has 0 saturated carbocycles. The summed E-state index contributed by atoms with van der Waals surface area (Å²) >= 11 is 4.87. The fourth-order valence-corrected chi connectivity index (χ4v) is 1.68. The smallest absolute Gasteiger partial charge is 0.260 e. The fraction of sp³-hybridized carbons (Fsp3) is 0.467. The van der Waals surface area contributed by atoms with Crippen molar-refractivity contribution in [1.82, 2.24) is 4.90 Å². The molecule has 1 rings (SSSR count). The van der Waals surface area contributed by atoms with Crippen LogP contribution in [-0.4, -0.2) is 36.0 Å². The molecule has 1 aromatic carbocycles. The van der Waals surface area contributed by atoms with Crippen LogP contribution in [0.1, 0.15) is 25.8 Å². The van der Waals surface area contributed by atoms with E-state index in [0.29, 0.717) is 16.7 Å². The lowest BCUT2D eigenvalue weighted by Crippen LogP contribution is -2.32. The highest BCUT2D eigenvalue weighted by Gasteiger charge is 2.10. The highest BCUT2D eigenvalue weighted by atomic mass is 32.1. The van der Waals surface area contributed by atoms with E-state index >= 15 is 0 Å². The van der Waals surface area contributed by atoms with Crippen molar-refractivity contribution in [3.8, 4) is 5.75 Å². The van der Waals surface area contributed by atoms with Gasteiger partial charge in [0, 0.05) is 19.2 Å². The van der Waals surface area contributed by atoms with Crippen molar-refractivity contribution in [2.24, 2.45) is 11.7 Å². The summed E-state index contributed by atoms with van der Waals surface area (Å²) in [7, 11) is 1.80. The van der Waals surface area contributed by atoms with Gasteiger partial charge in [0.1, 0.15) is 10.7 Å². The number of carbonyl (C=O) groups excluding carboxylic acids is 1. The lowest BCUT2D eigenvalue weighted by Gasteiger charge is -2.18. The summed E-state index contributed by atoms with van der Waals surface area (Å²) in [6.07, 6.45) is 0.991. The van der Waals surface area contributed by atoms with E-state index in [0.717, 1.165) is 18.5 Å². The average molecular weight is 294 g/mol. The van der Waals surface area contributed by atoms with Crippen LogP contribution in [0, 0.1) is 5.92 Å². The van der Waals surface area contributed by atoms with Crippen LogP contribution in [0.25, 0.3) is 0 Å². The summed E-state index contributed by atoms with van der Waals surface area (Å²) in [5.74, 6) is 1.19. The van der Waals surface area contributed by atoms with Crippen LogP contribution < -0.4 is 10.5 Å². The third-order valence-corrected chi connectivity index (χ3v) is 3.20. The number of nitrogens with two attached hydrogens (primary N) is 1. The highest BCUT2D eigenvalue weighted by molar-refractivity contribution is 7.80. The lowest BCUT2D eigenvalue weighted by atomic mass is 10.1. The second kappa shape index (κ2) is 7.85. The number of likely N-dealkylation sites (N-methyl/N-ethyl adjacent to an activating group) is 1. The molecule has 0 atom stereocenters. The zero-order valence-corrected chi connectivity index (χ0v) is 13.1. The maximum absolute atomic E-state index is 11.9. The largest absolute Gasteiger partial charge is 0.484 e. The Kier molecular flexibility index (Phi) is 6.45. The Labute approximate surface area is 125 Å². The normalized spacial score (nSPS) is 10.4. The molecule has 0 fully saturated rings. The first-order valence-electron chi connectivity index (χ1n) is 6.66. The Morgan fingerprint density at radius 1 is 1.35 bits per heavy atom. The second-order valence-electron chi connectivity index (χ2n) is 5.18. The molecule has 0 radical (unpaired) electrons. The number of benzene rings is 1. The van der Waals surface area contributed by atoms with Gasteiger partial charge in [0.15, 0.2) is 6.61 Å². The molecule has 110 valence electrons. The van der Waals surface area contributed by atoms with Gasteiger partial charge in [-0.05, 0) is 36.6 Å². The Morgan fingerprint density at radius 3 is 2.45 bits per heavy atom. The molecule has 4 nitrogen and oxygen atoms in total. The van der Waals surface area contributed by atoms with E-state index in [1.165, 1.54) is 0 Å². The molecule has 0 aliphatic carbocycles. The minimum Gasteiger partial charge on any atom is -0.484 e. The van der Waals surface area contributed by atoms with Gasteiger partial charge in [0.05, 0.1) is 0 Å². The molecule has 0 unspecified atom stereocenters. The maximum Gasteiger partial charge on any atom is 0.260 e. The average Bonchev–Trinajstić information content (AvgIpc) is 2.42. The predicted molar refractivity (Wildman–Crippen MR) is 84.9 cm³/mol. The van der Waals surface area contributed by atoms with Crippen molar-refractivity contribution < 1.29 is 9.53 Å². The van der Waals surface area contributed by atoms with Gasteiger partial charge in [-0.1, -0.05) is 26.1 Å². The molecule has 1 aromatic rings. The van der Waals surface area contributed by atoms with Gasteiger partial charge in [0.2, 0.25) is 0 Å². The first-order valence-corrected chi connectivity index (χ1v) is 7.07. The Hall–Kier alpha value is -1.62. The van der Waals surface area contributed by atoms with Crippen LogP contribution >= 0.6 is 12.2 Å². The van der Waals surface area contributed by atoms with E-state index < -0.39 is 0 Å². The number of ether oxygens (including phenoxy) is 1. The molecule has 0 aromatic heterocycles. The van der Waals surface area contributed by atoms with Gasteiger partial charge < -0.3 is 15.4 Å². The number of amides is 1. The van der Waals surface area contributed by atoms with E-state index in [1.807, 2.05) is 0 Å². The van der Waals surface area contributed by atoms with Crippen molar-refractivity contribution >= 4 is 23.1 Å². The standard InChI is InChI=1S/C15H22N2O2S/c1-11(2)8-9-17(3)14(18)10-19-13-6-4-12(5-7-13)15(16)20/h4-7,11H,8-10H2,1-3H3,(H2,16,20). The van der Waals surface area contributed by atoms with Crippen LogP contribution in [0.3, 0.4) is 0 Å². The van der Waals surface area contributed by atoms with Gasteiger partial charge in [-0.3, -0.25) is 4.79 Å². The minimum absolute atomic E-state index is 0.0240. The van der Waals surface area contributed by atoms with Crippen LogP contribution in [0.4, 0.5) is 0 Å². The van der Waals surface area contributed by atoms with E-state index in [9.17, 15) is 4.79 Å². The third-order valence-electron chi connectivity index (χ3n) is 2.97. The first kappa shape index (κ1) is 16.4. The molecule has 5 heteroatoms. The molecule has 0 aliphatic heterocycles. The first-order chi connectivity index (χ1) is 9.40. The third kappa shape index (κ3) is 5.57. The molecule has 0 saturated heterocycles. The minimum atomic E-state index is -0.0240. The van der Waals surface area contributed by atoms with E-state index in [4.69, 9.17) is 22.7 Å². The Morgan fingerprint density at radius 2 is 1.95 bits per heavy atom. The van der Waals surface area contributed by atoms with Gasteiger partial charge in [0.25, 0.3) is 5.91 Å². The molecule has 0 bridgehead atoms. The number of thiocarbonyl (C=S) groups is 1. The quantitative estimate of drug-likeness (QED) is 0.783.